The molecule has 0 bridgehead atoms. The van der Waals surface area contributed by atoms with Gasteiger partial charge in [-0.05, 0) is 36.5 Å². The van der Waals surface area contributed by atoms with Crippen LogP contribution in [0.25, 0.3) is 0 Å². The van der Waals surface area contributed by atoms with Crippen molar-refractivity contribution in [3.8, 4) is 0 Å². The van der Waals surface area contributed by atoms with Crippen molar-refractivity contribution in [2.75, 3.05) is 13.6 Å². The number of fused-ring (bicyclic) bond motifs is 1. The lowest BCUT2D eigenvalue weighted by Crippen LogP contribution is -2.49. The summed E-state index contributed by atoms with van der Waals surface area (Å²) in [5.41, 5.74) is 0.416. The van der Waals surface area contributed by atoms with Crippen molar-refractivity contribution in [1.82, 2.24) is 4.90 Å². The number of thiocarbonyl (C=S) groups is 1. The average Bonchev–Trinajstić information content (AvgIpc) is 2.20. The van der Waals surface area contributed by atoms with Crippen LogP contribution >= 0.6 is 12.2 Å². The highest BCUT2D eigenvalue weighted by molar-refractivity contribution is 7.80. The largest absolute Gasteiger partial charge is 0.369 e. The van der Waals surface area contributed by atoms with Gasteiger partial charge in [0.1, 0.15) is 7.85 Å². The summed E-state index contributed by atoms with van der Waals surface area (Å²) in [6, 6.07) is 0. The molecule has 0 spiro atoms. The van der Waals surface area contributed by atoms with Crippen molar-refractivity contribution in [2.45, 2.75) is 58.7 Å². The molecule has 1 aliphatic carbocycles. The molecule has 19 heavy (non-hydrogen) atoms. The van der Waals surface area contributed by atoms with E-state index in [9.17, 15) is 0 Å². The molecule has 0 N–H and O–H groups in total. The quantitative estimate of drug-likeness (QED) is 0.493. The van der Waals surface area contributed by atoms with E-state index in [1.807, 2.05) is 0 Å². The minimum atomic E-state index is 0.416. The van der Waals surface area contributed by atoms with Gasteiger partial charge in [-0.2, -0.15) is 0 Å². The molecular formula is C16H30BNS. The van der Waals surface area contributed by atoms with Crippen molar-refractivity contribution < 1.29 is 0 Å². The molecule has 0 amide bonds. The highest BCUT2D eigenvalue weighted by Gasteiger charge is 2.45. The topological polar surface area (TPSA) is 3.24 Å². The average molecular weight is 279 g/mol. The van der Waals surface area contributed by atoms with E-state index in [-0.39, 0.29) is 0 Å². The zero-order valence-electron chi connectivity index (χ0n) is 13.6. The summed E-state index contributed by atoms with van der Waals surface area (Å²) in [4.78, 5) is 3.56. The van der Waals surface area contributed by atoms with Crippen LogP contribution in [0.4, 0.5) is 0 Å². The maximum Gasteiger partial charge on any atom is 0.109 e. The normalized spacial score (nSPS) is 43.3. The number of piperidine rings is 1. The Morgan fingerprint density at radius 1 is 1.32 bits per heavy atom. The molecule has 0 aromatic carbocycles. The lowest BCUT2D eigenvalue weighted by atomic mass is 9.51. The van der Waals surface area contributed by atoms with E-state index in [1.165, 1.54) is 30.7 Å². The second kappa shape index (κ2) is 5.05. The maximum absolute atomic E-state index is 5.77. The first kappa shape index (κ1) is 15.3. The van der Waals surface area contributed by atoms with Gasteiger partial charge in [-0.25, -0.2) is 0 Å². The number of rotatable bonds is 0. The minimum Gasteiger partial charge on any atom is -0.369 e. The van der Waals surface area contributed by atoms with Gasteiger partial charge >= 0.3 is 0 Å². The Kier molecular flexibility index (Phi) is 4.08. The molecule has 4 atom stereocenters. The second-order valence-corrected chi connectivity index (χ2v) is 9.05. The lowest BCUT2D eigenvalue weighted by Gasteiger charge is -2.51. The summed E-state index contributed by atoms with van der Waals surface area (Å²) in [6.45, 7) is 11.0. The van der Waals surface area contributed by atoms with Crippen LogP contribution in [0.3, 0.4) is 0 Å². The lowest BCUT2D eigenvalue weighted by molar-refractivity contribution is 0.0703. The molecule has 4 unspecified atom stereocenters. The third-order valence-electron chi connectivity index (χ3n) is 5.45. The summed E-state index contributed by atoms with van der Waals surface area (Å²) in [5, 5.41) is 0.471. The monoisotopic (exact) mass is 279 g/mol. The van der Waals surface area contributed by atoms with E-state index in [4.69, 9.17) is 12.2 Å². The van der Waals surface area contributed by atoms with E-state index >= 15 is 0 Å². The van der Waals surface area contributed by atoms with Gasteiger partial charge in [-0.15, -0.1) is 0 Å². The zero-order valence-corrected chi connectivity index (χ0v) is 14.4. The third kappa shape index (κ3) is 3.17. The van der Waals surface area contributed by atoms with Gasteiger partial charge in [-0.1, -0.05) is 51.6 Å². The highest BCUT2D eigenvalue weighted by Crippen LogP contribution is 2.53. The zero-order chi connectivity index (χ0) is 14.4. The maximum atomic E-state index is 5.77. The van der Waals surface area contributed by atoms with Gasteiger partial charge in [0, 0.05) is 19.5 Å². The fourth-order valence-electron chi connectivity index (χ4n) is 5.20. The molecular weight excluding hydrogens is 249 g/mol. The summed E-state index contributed by atoms with van der Waals surface area (Å²) in [5.74, 6) is 2.20. The summed E-state index contributed by atoms with van der Waals surface area (Å²) in [6.07, 6.45) is 5.28. The Hall–Kier alpha value is -0.0451. The molecule has 1 saturated heterocycles. The van der Waals surface area contributed by atoms with Gasteiger partial charge in [0.05, 0.1) is 4.99 Å². The molecule has 1 nitrogen and oxygen atoms in total. The van der Waals surface area contributed by atoms with Gasteiger partial charge in [-0.3, -0.25) is 0 Å². The summed E-state index contributed by atoms with van der Waals surface area (Å²) in [7, 11) is 4.64. The first-order chi connectivity index (χ1) is 8.62. The molecule has 108 valence electrons. The van der Waals surface area contributed by atoms with Crippen molar-refractivity contribution >= 4 is 25.1 Å². The van der Waals surface area contributed by atoms with E-state index in [0.717, 1.165) is 18.4 Å². The fourth-order valence-corrected chi connectivity index (χ4v) is 5.55. The van der Waals surface area contributed by atoms with E-state index in [2.05, 4.69) is 47.5 Å². The summed E-state index contributed by atoms with van der Waals surface area (Å²) < 4.78 is 0. The highest BCUT2D eigenvalue weighted by atomic mass is 32.1. The smallest absolute Gasteiger partial charge is 0.109 e. The van der Waals surface area contributed by atoms with E-state index in [1.54, 1.807) is 0 Å². The Bertz CT molecular complexity index is 364. The van der Waals surface area contributed by atoms with Crippen molar-refractivity contribution in [2.24, 2.45) is 23.2 Å². The number of hydrogen-bond acceptors (Lipinski definition) is 1. The third-order valence-corrected chi connectivity index (χ3v) is 6.06. The number of likely N-dealkylation sites (tertiary alicyclic amines) is 1. The Morgan fingerprint density at radius 2 is 1.95 bits per heavy atom. The molecule has 1 aliphatic heterocycles. The second-order valence-electron chi connectivity index (χ2n) is 8.64. The molecule has 2 fully saturated rings. The van der Waals surface area contributed by atoms with Crippen LogP contribution in [0.1, 0.15) is 53.4 Å². The standard InChI is InChI=1S/C16H30BNS/c1-11-8-12-13(6-7-18(5)14(12)19)15(2,3)10-16(4,17)9-11/h11-13H,6-10,17H2,1-5H3. The molecule has 0 radical (unpaired) electrons. The predicted octanol–water partition coefficient (Wildman–Crippen LogP) is 3.54. The van der Waals surface area contributed by atoms with Crippen LogP contribution in [0.5, 0.6) is 0 Å². The van der Waals surface area contributed by atoms with Crippen molar-refractivity contribution in [3.05, 3.63) is 0 Å². The van der Waals surface area contributed by atoms with Gasteiger partial charge < -0.3 is 4.90 Å². The van der Waals surface area contributed by atoms with Crippen LogP contribution in [-0.2, 0) is 0 Å². The Balaban J connectivity index is 2.31. The first-order valence-electron chi connectivity index (χ1n) is 7.87. The Labute approximate surface area is 125 Å². The van der Waals surface area contributed by atoms with E-state index < -0.39 is 0 Å². The molecule has 2 rings (SSSR count). The van der Waals surface area contributed by atoms with Crippen LogP contribution in [0.15, 0.2) is 0 Å². The van der Waals surface area contributed by atoms with E-state index in [0.29, 0.717) is 16.6 Å². The van der Waals surface area contributed by atoms with Crippen LogP contribution in [0, 0.1) is 23.2 Å². The Morgan fingerprint density at radius 3 is 2.58 bits per heavy atom. The summed E-state index contributed by atoms with van der Waals surface area (Å²) >= 11 is 5.77. The van der Waals surface area contributed by atoms with Crippen LogP contribution in [-0.4, -0.2) is 31.3 Å². The van der Waals surface area contributed by atoms with Crippen molar-refractivity contribution in [1.29, 1.82) is 0 Å². The fraction of sp³-hybridized carbons (Fsp3) is 0.938. The molecule has 1 heterocycles. The van der Waals surface area contributed by atoms with Gasteiger partial charge in [0.25, 0.3) is 0 Å². The van der Waals surface area contributed by atoms with Gasteiger partial charge in [0.15, 0.2) is 0 Å². The van der Waals surface area contributed by atoms with Crippen molar-refractivity contribution in [3.63, 3.8) is 0 Å². The molecule has 0 aromatic rings. The first-order valence-corrected chi connectivity index (χ1v) is 8.28. The minimum absolute atomic E-state index is 0.416. The van der Waals surface area contributed by atoms with Crippen LogP contribution in [0.2, 0.25) is 5.31 Å². The molecule has 2 aliphatic rings. The molecule has 0 aromatic heterocycles. The number of nitrogens with zero attached hydrogens (tertiary/aromatic N) is 1. The van der Waals surface area contributed by atoms with Crippen LogP contribution < -0.4 is 0 Å². The molecule has 3 heteroatoms. The predicted molar refractivity (Wildman–Crippen MR) is 90.5 cm³/mol. The number of hydrogen-bond donors (Lipinski definition) is 0. The molecule has 1 saturated carbocycles. The van der Waals surface area contributed by atoms with Gasteiger partial charge in [0.2, 0.25) is 0 Å². The SMILES string of the molecule is BC1(C)CC(C)CC2C(=S)N(C)CCC2C(C)(C)C1.